The zero-order valence-electron chi connectivity index (χ0n) is 15.3. The standard InChI is InChI=1S/C18H23N5O4S/c19-6-7-20-16(24)15(13-28-12-14-4-2-1-3-5-14)21-17(25)22-8-10-23(11-9-22)18(26)27/h1-5,15H,7-13H2,(H,20,24)(H,21,25)(H,26,27). The molecule has 0 radical (unpaired) electrons. The van der Waals surface area contributed by atoms with Gasteiger partial charge >= 0.3 is 12.1 Å². The van der Waals surface area contributed by atoms with Crippen molar-refractivity contribution in [3.05, 3.63) is 35.9 Å². The van der Waals surface area contributed by atoms with Crippen molar-refractivity contribution in [1.29, 1.82) is 5.26 Å². The van der Waals surface area contributed by atoms with Gasteiger partial charge in [0.25, 0.3) is 0 Å². The Morgan fingerprint density at radius 3 is 2.39 bits per heavy atom. The minimum Gasteiger partial charge on any atom is -0.465 e. The Balaban J connectivity index is 1.89. The Morgan fingerprint density at radius 2 is 1.79 bits per heavy atom. The number of hydrogen-bond acceptors (Lipinski definition) is 5. The first-order valence-corrected chi connectivity index (χ1v) is 9.96. The summed E-state index contributed by atoms with van der Waals surface area (Å²) in [5.74, 6) is 0.628. The van der Waals surface area contributed by atoms with Crippen LogP contribution in [0.3, 0.4) is 0 Å². The third-order valence-electron chi connectivity index (χ3n) is 4.19. The first-order valence-electron chi connectivity index (χ1n) is 8.81. The van der Waals surface area contributed by atoms with E-state index in [1.807, 2.05) is 36.4 Å². The lowest BCUT2D eigenvalue weighted by atomic mass is 10.2. The predicted molar refractivity (Wildman–Crippen MR) is 105 cm³/mol. The molecule has 1 atom stereocenters. The lowest BCUT2D eigenvalue weighted by Crippen LogP contribution is -2.57. The van der Waals surface area contributed by atoms with Crippen LogP contribution in [-0.4, -0.2) is 77.5 Å². The normalized spacial score (nSPS) is 14.7. The second kappa shape index (κ2) is 11.0. The zero-order valence-corrected chi connectivity index (χ0v) is 16.2. The molecule has 4 amide bonds. The lowest BCUT2D eigenvalue weighted by molar-refractivity contribution is -0.122. The van der Waals surface area contributed by atoms with Crippen LogP contribution < -0.4 is 10.6 Å². The first kappa shape index (κ1) is 21.4. The molecule has 1 aliphatic rings. The predicted octanol–water partition coefficient (Wildman–Crippen LogP) is 0.933. The van der Waals surface area contributed by atoms with Crippen LogP contribution in [-0.2, 0) is 10.5 Å². The second-order valence-corrected chi connectivity index (χ2v) is 7.17. The van der Waals surface area contributed by atoms with Crippen LogP contribution in [0.15, 0.2) is 30.3 Å². The van der Waals surface area contributed by atoms with E-state index in [0.717, 1.165) is 5.56 Å². The molecule has 3 N–H and O–H groups in total. The minimum absolute atomic E-state index is 0.133. The molecule has 0 aliphatic carbocycles. The summed E-state index contributed by atoms with van der Waals surface area (Å²) in [7, 11) is 0. The molecule has 28 heavy (non-hydrogen) atoms. The summed E-state index contributed by atoms with van der Waals surface area (Å²) >= 11 is 1.51. The van der Waals surface area contributed by atoms with Gasteiger partial charge < -0.3 is 25.5 Å². The van der Waals surface area contributed by atoms with Gasteiger partial charge in [-0.2, -0.15) is 17.0 Å². The molecule has 1 aliphatic heterocycles. The van der Waals surface area contributed by atoms with Gasteiger partial charge in [-0.25, -0.2) is 9.59 Å². The summed E-state index contributed by atoms with van der Waals surface area (Å²) < 4.78 is 0. The number of nitrogens with zero attached hydrogens (tertiary/aromatic N) is 3. The topological polar surface area (TPSA) is 126 Å². The summed E-state index contributed by atoms with van der Waals surface area (Å²) in [5.41, 5.74) is 1.11. The number of nitrogens with one attached hydrogen (secondary N) is 2. The summed E-state index contributed by atoms with van der Waals surface area (Å²) in [6.07, 6.45) is -1.01. The van der Waals surface area contributed by atoms with E-state index >= 15 is 0 Å². The minimum atomic E-state index is -1.01. The highest BCUT2D eigenvalue weighted by Gasteiger charge is 2.27. The molecule has 1 fully saturated rings. The van der Waals surface area contributed by atoms with Crippen molar-refractivity contribution in [3.8, 4) is 6.07 Å². The van der Waals surface area contributed by atoms with Gasteiger partial charge in [-0.1, -0.05) is 30.3 Å². The Morgan fingerprint density at radius 1 is 1.14 bits per heavy atom. The molecule has 1 heterocycles. The molecule has 1 saturated heterocycles. The van der Waals surface area contributed by atoms with E-state index in [-0.39, 0.29) is 32.7 Å². The molecule has 1 unspecified atom stereocenters. The third kappa shape index (κ3) is 6.66. The molecule has 2 rings (SSSR count). The fourth-order valence-electron chi connectivity index (χ4n) is 2.64. The van der Waals surface area contributed by atoms with Crippen LogP contribution in [0.5, 0.6) is 0 Å². The number of carbonyl (C=O) groups is 3. The largest absolute Gasteiger partial charge is 0.465 e. The van der Waals surface area contributed by atoms with Crippen molar-refractivity contribution in [2.24, 2.45) is 0 Å². The van der Waals surface area contributed by atoms with Crippen molar-refractivity contribution < 1.29 is 19.5 Å². The van der Waals surface area contributed by atoms with Crippen LogP contribution >= 0.6 is 11.8 Å². The number of rotatable bonds is 7. The second-order valence-electron chi connectivity index (χ2n) is 6.14. The average Bonchev–Trinajstić information content (AvgIpc) is 2.72. The van der Waals surface area contributed by atoms with Gasteiger partial charge in [0.05, 0.1) is 6.07 Å². The Hall–Kier alpha value is -2.93. The van der Waals surface area contributed by atoms with Crippen molar-refractivity contribution in [1.82, 2.24) is 20.4 Å². The van der Waals surface area contributed by atoms with Crippen LogP contribution in [0.25, 0.3) is 0 Å². The molecule has 150 valence electrons. The first-order chi connectivity index (χ1) is 13.5. The molecular weight excluding hydrogens is 382 g/mol. The number of urea groups is 1. The Bertz CT molecular complexity index is 716. The molecule has 10 heteroatoms. The molecule has 0 spiro atoms. The third-order valence-corrected chi connectivity index (χ3v) is 5.30. The quantitative estimate of drug-likeness (QED) is 0.580. The van der Waals surface area contributed by atoms with E-state index < -0.39 is 24.1 Å². The fraction of sp³-hybridized carbons (Fsp3) is 0.444. The fourth-order valence-corrected chi connectivity index (χ4v) is 3.66. The van der Waals surface area contributed by atoms with E-state index in [9.17, 15) is 14.4 Å². The van der Waals surface area contributed by atoms with E-state index in [1.165, 1.54) is 21.6 Å². The molecule has 0 bridgehead atoms. The van der Waals surface area contributed by atoms with Crippen LogP contribution in [0.4, 0.5) is 9.59 Å². The highest BCUT2D eigenvalue weighted by molar-refractivity contribution is 7.98. The monoisotopic (exact) mass is 405 g/mol. The van der Waals surface area contributed by atoms with Crippen molar-refractivity contribution >= 4 is 29.8 Å². The van der Waals surface area contributed by atoms with Gasteiger partial charge in [-0.15, -0.1) is 0 Å². The SMILES string of the molecule is N#CCNC(=O)C(CSCc1ccccc1)NC(=O)N1CCN(C(=O)O)CC1. The molecule has 1 aromatic rings. The van der Waals surface area contributed by atoms with Crippen molar-refractivity contribution in [3.63, 3.8) is 0 Å². The maximum Gasteiger partial charge on any atom is 0.407 e. The summed E-state index contributed by atoms with van der Waals surface area (Å²) in [6, 6.07) is 10.4. The van der Waals surface area contributed by atoms with Gasteiger partial charge in [-0.3, -0.25) is 4.79 Å². The van der Waals surface area contributed by atoms with Gasteiger partial charge in [-0.05, 0) is 5.56 Å². The van der Waals surface area contributed by atoms with E-state index in [4.69, 9.17) is 10.4 Å². The van der Waals surface area contributed by atoms with Gasteiger partial charge in [0.15, 0.2) is 0 Å². The summed E-state index contributed by atoms with van der Waals surface area (Å²) in [6.45, 7) is 0.864. The maximum absolute atomic E-state index is 12.5. The number of thioether (sulfide) groups is 1. The Labute approximate surface area is 167 Å². The van der Waals surface area contributed by atoms with E-state index in [2.05, 4.69) is 10.6 Å². The number of nitriles is 1. The number of amides is 4. The van der Waals surface area contributed by atoms with E-state index in [1.54, 1.807) is 0 Å². The van der Waals surface area contributed by atoms with Crippen LogP contribution in [0, 0.1) is 11.3 Å². The number of carbonyl (C=O) groups excluding carboxylic acids is 2. The van der Waals surface area contributed by atoms with Crippen molar-refractivity contribution in [2.45, 2.75) is 11.8 Å². The van der Waals surface area contributed by atoms with Gasteiger partial charge in [0.1, 0.15) is 12.6 Å². The molecule has 9 nitrogen and oxygen atoms in total. The number of carboxylic acid groups (broad SMARTS) is 1. The molecule has 0 saturated carbocycles. The van der Waals surface area contributed by atoms with Crippen molar-refractivity contribution in [2.75, 3.05) is 38.5 Å². The zero-order chi connectivity index (χ0) is 20.4. The van der Waals surface area contributed by atoms with Gasteiger partial charge in [0, 0.05) is 37.7 Å². The molecule has 1 aromatic carbocycles. The molecular formula is C18H23N5O4S. The number of piperazine rings is 1. The highest BCUT2D eigenvalue weighted by atomic mass is 32.2. The van der Waals surface area contributed by atoms with Gasteiger partial charge in [0.2, 0.25) is 5.91 Å². The molecule has 0 aromatic heterocycles. The summed E-state index contributed by atoms with van der Waals surface area (Å²) in [4.78, 5) is 38.5. The smallest absolute Gasteiger partial charge is 0.407 e. The lowest BCUT2D eigenvalue weighted by Gasteiger charge is -2.34. The highest BCUT2D eigenvalue weighted by Crippen LogP contribution is 2.13. The van der Waals surface area contributed by atoms with E-state index in [0.29, 0.717) is 11.5 Å². The van der Waals surface area contributed by atoms with Crippen LogP contribution in [0.1, 0.15) is 5.56 Å². The average molecular weight is 405 g/mol. The Kier molecular flexibility index (Phi) is 8.42. The number of benzene rings is 1. The number of hydrogen-bond donors (Lipinski definition) is 3. The van der Waals surface area contributed by atoms with Crippen LogP contribution in [0.2, 0.25) is 0 Å². The summed E-state index contributed by atoms with van der Waals surface area (Å²) in [5, 5.41) is 22.8. The maximum atomic E-state index is 12.5.